The van der Waals surface area contributed by atoms with Gasteiger partial charge in [0.25, 0.3) is 0 Å². The fourth-order valence-corrected chi connectivity index (χ4v) is 5.73. The van der Waals surface area contributed by atoms with Gasteiger partial charge in [0.2, 0.25) is 0 Å². The second-order valence-electron chi connectivity index (χ2n) is 6.16. The maximum absolute atomic E-state index is 4.22. The SMILES string of the molecule is Brc1cc2c(s1)CCCC2NC1CCCC1n1ccnc1. The van der Waals surface area contributed by atoms with Crippen molar-refractivity contribution in [3.63, 3.8) is 0 Å². The number of thiophene rings is 1. The molecule has 2 aromatic heterocycles. The molecule has 1 N–H and O–H groups in total. The number of halogens is 1. The van der Waals surface area contributed by atoms with Crippen LogP contribution in [0.4, 0.5) is 0 Å². The highest BCUT2D eigenvalue weighted by atomic mass is 79.9. The number of hydrogen-bond acceptors (Lipinski definition) is 3. The Morgan fingerprint density at radius 2 is 2.24 bits per heavy atom. The Labute approximate surface area is 137 Å². The standard InChI is InChI=1S/C16H20BrN3S/c17-16-9-11-12(3-2-6-15(11)21-16)19-13-4-1-5-14(13)20-8-7-18-10-20/h7-10,12-14,19H,1-6H2. The average Bonchev–Trinajstić information content (AvgIpc) is 3.16. The molecule has 21 heavy (non-hydrogen) atoms. The number of aryl methyl sites for hydroxylation is 1. The summed E-state index contributed by atoms with van der Waals surface area (Å²) in [6.07, 6.45) is 13.7. The molecule has 4 rings (SSSR count). The Kier molecular flexibility index (Phi) is 3.90. The molecule has 2 aromatic rings. The van der Waals surface area contributed by atoms with Gasteiger partial charge < -0.3 is 9.88 Å². The van der Waals surface area contributed by atoms with Crippen molar-refractivity contribution in [1.82, 2.24) is 14.9 Å². The summed E-state index contributed by atoms with van der Waals surface area (Å²) in [4.78, 5) is 5.79. The van der Waals surface area contributed by atoms with Gasteiger partial charge in [0.15, 0.2) is 0 Å². The van der Waals surface area contributed by atoms with Gasteiger partial charge in [-0.1, -0.05) is 0 Å². The zero-order valence-electron chi connectivity index (χ0n) is 12.0. The van der Waals surface area contributed by atoms with Crippen molar-refractivity contribution < 1.29 is 0 Å². The van der Waals surface area contributed by atoms with E-state index >= 15 is 0 Å². The number of rotatable bonds is 3. The van der Waals surface area contributed by atoms with Gasteiger partial charge in [0.1, 0.15) is 0 Å². The molecule has 2 heterocycles. The predicted molar refractivity (Wildman–Crippen MR) is 89.7 cm³/mol. The Morgan fingerprint density at radius 1 is 1.29 bits per heavy atom. The van der Waals surface area contributed by atoms with E-state index in [-0.39, 0.29) is 0 Å². The fraction of sp³-hybridized carbons (Fsp3) is 0.562. The highest BCUT2D eigenvalue weighted by Crippen LogP contribution is 2.40. The molecule has 1 saturated carbocycles. The molecule has 1 fully saturated rings. The third-order valence-corrected chi connectivity index (χ3v) is 6.60. The average molecular weight is 366 g/mol. The van der Waals surface area contributed by atoms with E-state index in [0.29, 0.717) is 18.1 Å². The predicted octanol–water partition coefficient (Wildman–Crippen LogP) is 4.47. The number of fused-ring (bicyclic) bond motifs is 1. The van der Waals surface area contributed by atoms with Gasteiger partial charge in [0.05, 0.1) is 10.1 Å². The fourth-order valence-electron chi connectivity index (χ4n) is 3.91. The minimum atomic E-state index is 0.533. The first-order valence-corrected chi connectivity index (χ1v) is 9.44. The molecule has 2 aliphatic rings. The summed E-state index contributed by atoms with van der Waals surface area (Å²) in [6.45, 7) is 0. The monoisotopic (exact) mass is 365 g/mol. The first kappa shape index (κ1) is 14.0. The van der Waals surface area contributed by atoms with Crippen molar-refractivity contribution >= 4 is 27.3 Å². The molecule has 3 atom stereocenters. The lowest BCUT2D eigenvalue weighted by Crippen LogP contribution is -2.37. The van der Waals surface area contributed by atoms with Crippen LogP contribution >= 0.6 is 27.3 Å². The largest absolute Gasteiger partial charge is 0.333 e. The molecule has 0 radical (unpaired) electrons. The molecule has 3 unspecified atom stereocenters. The van der Waals surface area contributed by atoms with Gasteiger partial charge in [-0.05, 0) is 66.1 Å². The third kappa shape index (κ3) is 2.71. The van der Waals surface area contributed by atoms with E-state index in [2.05, 4.69) is 43.1 Å². The van der Waals surface area contributed by atoms with Crippen molar-refractivity contribution in [2.45, 2.75) is 56.7 Å². The molecular weight excluding hydrogens is 346 g/mol. The second kappa shape index (κ2) is 5.86. The molecule has 112 valence electrons. The molecule has 0 aliphatic heterocycles. The van der Waals surface area contributed by atoms with Crippen LogP contribution in [0.2, 0.25) is 0 Å². The highest BCUT2D eigenvalue weighted by molar-refractivity contribution is 9.11. The lowest BCUT2D eigenvalue weighted by molar-refractivity contribution is 0.334. The molecule has 5 heteroatoms. The topological polar surface area (TPSA) is 29.9 Å². The second-order valence-corrected chi connectivity index (χ2v) is 8.67. The van der Waals surface area contributed by atoms with Crippen LogP contribution in [0.25, 0.3) is 0 Å². The zero-order chi connectivity index (χ0) is 14.2. The van der Waals surface area contributed by atoms with Gasteiger partial charge >= 0.3 is 0 Å². The van der Waals surface area contributed by atoms with Crippen molar-refractivity contribution in [2.75, 3.05) is 0 Å². The van der Waals surface area contributed by atoms with Gasteiger partial charge in [-0.15, -0.1) is 11.3 Å². The summed E-state index contributed by atoms with van der Waals surface area (Å²) in [5.74, 6) is 0. The molecule has 0 spiro atoms. The Morgan fingerprint density at radius 3 is 3.10 bits per heavy atom. The minimum absolute atomic E-state index is 0.533. The molecule has 0 aromatic carbocycles. The van der Waals surface area contributed by atoms with Gasteiger partial charge in [-0.3, -0.25) is 0 Å². The summed E-state index contributed by atoms with van der Waals surface area (Å²) in [5, 5.41) is 3.96. The van der Waals surface area contributed by atoms with Crippen LogP contribution in [0.3, 0.4) is 0 Å². The van der Waals surface area contributed by atoms with E-state index in [9.17, 15) is 0 Å². The first-order valence-electron chi connectivity index (χ1n) is 7.83. The van der Waals surface area contributed by atoms with E-state index in [1.165, 1.54) is 47.9 Å². The molecule has 0 saturated heterocycles. The van der Waals surface area contributed by atoms with Crippen LogP contribution in [-0.2, 0) is 6.42 Å². The van der Waals surface area contributed by atoms with Crippen LogP contribution in [0.1, 0.15) is 54.6 Å². The molecular formula is C16H20BrN3S. The number of aromatic nitrogens is 2. The molecule has 2 aliphatic carbocycles. The lowest BCUT2D eigenvalue weighted by Gasteiger charge is -2.30. The summed E-state index contributed by atoms with van der Waals surface area (Å²) >= 11 is 5.57. The van der Waals surface area contributed by atoms with Crippen molar-refractivity contribution in [2.24, 2.45) is 0 Å². The first-order chi connectivity index (χ1) is 10.3. The van der Waals surface area contributed by atoms with Crippen LogP contribution in [0, 0.1) is 0 Å². The van der Waals surface area contributed by atoms with E-state index in [1.807, 2.05) is 23.9 Å². The van der Waals surface area contributed by atoms with E-state index in [4.69, 9.17) is 0 Å². The Hall–Kier alpha value is -0.650. The van der Waals surface area contributed by atoms with Crippen molar-refractivity contribution in [3.05, 3.63) is 39.0 Å². The number of imidazole rings is 1. The zero-order valence-corrected chi connectivity index (χ0v) is 14.4. The molecule has 0 amide bonds. The quantitative estimate of drug-likeness (QED) is 0.869. The summed E-state index contributed by atoms with van der Waals surface area (Å²) in [6, 6.07) is 4.01. The third-order valence-electron chi connectivity index (χ3n) is 4.89. The van der Waals surface area contributed by atoms with Gasteiger partial charge in [0, 0.05) is 35.4 Å². The minimum Gasteiger partial charge on any atom is -0.333 e. The lowest BCUT2D eigenvalue weighted by atomic mass is 9.93. The summed E-state index contributed by atoms with van der Waals surface area (Å²) in [7, 11) is 0. The smallest absolute Gasteiger partial charge is 0.0949 e. The normalized spacial score (nSPS) is 28.7. The van der Waals surface area contributed by atoms with Crippen LogP contribution in [-0.4, -0.2) is 15.6 Å². The van der Waals surface area contributed by atoms with Gasteiger partial charge in [-0.2, -0.15) is 0 Å². The van der Waals surface area contributed by atoms with E-state index in [0.717, 1.165) is 0 Å². The number of nitrogens with one attached hydrogen (secondary N) is 1. The molecule has 0 bridgehead atoms. The van der Waals surface area contributed by atoms with E-state index < -0.39 is 0 Å². The number of nitrogens with zero attached hydrogens (tertiary/aromatic N) is 2. The van der Waals surface area contributed by atoms with Crippen molar-refractivity contribution in [3.8, 4) is 0 Å². The maximum Gasteiger partial charge on any atom is 0.0949 e. The van der Waals surface area contributed by atoms with Crippen LogP contribution < -0.4 is 5.32 Å². The van der Waals surface area contributed by atoms with Crippen molar-refractivity contribution in [1.29, 1.82) is 0 Å². The number of hydrogen-bond donors (Lipinski definition) is 1. The molecule has 3 nitrogen and oxygen atoms in total. The summed E-state index contributed by atoms with van der Waals surface area (Å²) < 4.78 is 3.57. The van der Waals surface area contributed by atoms with E-state index in [1.54, 1.807) is 4.88 Å². The van der Waals surface area contributed by atoms with Crippen LogP contribution in [0.15, 0.2) is 28.6 Å². The Balaban J connectivity index is 1.53. The van der Waals surface area contributed by atoms with Gasteiger partial charge in [-0.25, -0.2) is 4.98 Å². The summed E-state index contributed by atoms with van der Waals surface area (Å²) in [5.41, 5.74) is 1.54. The highest BCUT2D eigenvalue weighted by Gasteiger charge is 2.32. The maximum atomic E-state index is 4.22. The van der Waals surface area contributed by atoms with Crippen LogP contribution in [0.5, 0.6) is 0 Å². The Bertz CT molecular complexity index is 607.